The summed E-state index contributed by atoms with van der Waals surface area (Å²) in [5.41, 5.74) is 0.824. The minimum atomic E-state index is -0.336. The van der Waals surface area contributed by atoms with E-state index < -0.39 is 0 Å². The first kappa shape index (κ1) is 15.2. The van der Waals surface area contributed by atoms with Crippen LogP contribution in [0.15, 0.2) is 36.5 Å². The number of benzene rings is 1. The zero-order chi connectivity index (χ0) is 16.4. The van der Waals surface area contributed by atoms with Crippen molar-refractivity contribution in [2.45, 2.75) is 25.4 Å². The Kier molecular flexibility index (Phi) is 4.10. The maximum atomic E-state index is 11.2. The average molecular weight is 313 g/mol. The molecular formula is C16H19N5O2. The van der Waals surface area contributed by atoms with Gasteiger partial charge in [-0.3, -0.25) is 10.1 Å². The third-order valence-corrected chi connectivity index (χ3v) is 3.86. The Balaban J connectivity index is 1.92. The molecule has 1 heterocycles. The fourth-order valence-corrected chi connectivity index (χ4v) is 2.48. The van der Waals surface area contributed by atoms with Gasteiger partial charge in [0.1, 0.15) is 5.82 Å². The van der Waals surface area contributed by atoms with Crippen molar-refractivity contribution in [3.05, 3.63) is 52.2 Å². The second-order valence-electron chi connectivity index (χ2n) is 5.85. The molecule has 0 N–H and O–H groups in total. The van der Waals surface area contributed by atoms with Gasteiger partial charge >= 0.3 is 0 Å². The summed E-state index contributed by atoms with van der Waals surface area (Å²) in [6, 6.07) is 9.05. The van der Waals surface area contributed by atoms with Crippen LogP contribution < -0.4 is 9.80 Å². The van der Waals surface area contributed by atoms with Gasteiger partial charge in [-0.1, -0.05) is 18.2 Å². The number of rotatable bonds is 6. The van der Waals surface area contributed by atoms with Crippen LogP contribution in [0.25, 0.3) is 0 Å². The summed E-state index contributed by atoms with van der Waals surface area (Å²) >= 11 is 0. The lowest BCUT2D eigenvalue weighted by Gasteiger charge is -2.23. The van der Waals surface area contributed by atoms with Crippen molar-refractivity contribution in [3.63, 3.8) is 0 Å². The van der Waals surface area contributed by atoms with Crippen LogP contribution >= 0.6 is 0 Å². The summed E-state index contributed by atoms with van der Waals surface area (Å²) in [7, 11) is 3.85. The summed E-state index contributed by atoms with van der Waals surface area (Å²) in [6.45, 7) is 0.443. The van der Waals surface area contributed by atoms with E-state index in [2.05, 4.69) is 14.9 Å². The van der Waals surface area contributed by atoms with Crippen LogP contribution in [-0.4, -0.2) is 35.0 Å². The molecule has 3 rings (SSSR count). The van der Waals surface area contributed by atoms with E-state index in [9.17, 15) is 10.1 Å². The smallest absolute Gasteiger partial charge is 0.274 e. The highest BCUT2D eigenvalue weighted by Gasteiger charge is 2.32. The lowest BCUT2D eigenvalue weighted by atomic mass is 10.1. The number of nitro benzene ring substituents is 1. The van der Waals surface area contributed by atoms with Crippen molar-refractivity contribution in [1.82, 2.24) is 9.97 Å². The molecule has 1 fully saturated rings. The van der Waals surface area contributed by atoms with Crippen LogP contribution in [0.5, 0.6) is 0 Å². The number of aromatic nitrogens is 2. The Morgan fingerprint density at radius 2 is 2.00 bits per heavy atom. The molecule has 1 saturated carbocycles. The van der Waals surface area contributed by atoms with Gasteiger partial charge in [0, 0.05) is 38.0 Å². The molecule has 0 atom stereocenters. The molecule has 1 aromatic carbocycles. The molecule has 1 aliphatic carbocycles. The van der Waals surface area contributed by atoms with Crippen molar-refractivity contribution < 1.29 is 4.92 Å². The van der Waals surface area contributed by atoms with E-state index >= 15 is 0 Å². The van der Waals surface area contributed by atoms with Crippen molar-refractivity contribution in [2.24, 2.45) is 0 Å². The number of hydrogen-bond donors (Lipinski definition) is 0. The molecule has 2 aromatic rings. The third kappa shape index (κ3) is 3.39. The van der Waals surface area contributed by atoms with Crippen LogP contribution in [0, 0.1) is 10.1 Å². The quantitative estimate of drug-likeness (QED) is 0.603. The molecule has 0 radical (unpaired) electrons. The zero-order valence-corrected chi connectivity index (χ0v) is 13.2. The molecule has 0 aliphatic heterocycles. The SMILES string of the molecule is CN(C)c1ccnc(N(Cc2ccccc2[N+](=O)[O-])C2CC2)n1. The maximum absolute atomic E-state index is 11.2. The lowest BCUT2D eigenvalue weighted by molar-refractivity contribution is -0.385. The summed E-state index contributed by atoms with van der Waals surface area (Å²) in [5, 5.41) is 11.2. The molecule has 0 unspecified atom stereocenters. The third-order valence-electron chi connectivity index (χ3n) is 3.86. The number of nitro groups is 1. The highest BCUT2D eigenvalue weighted by Crippen LogP contribution is 2.33. The van der Waals surface area contributed by atoms with E-state index in [1.807, 2.05) is 31.1 Å². The van der Waals surface area contributed by atoms with E-state index in [1.165, 1.54) is 6.07 Å². The Labute approximate surface area is 134 Å². The second kappa shape index (κ2) is 6.20. The fourth-order valence-electron chi connectivity index (χ4n) is 2.48. The molecule has 1 aromatic heterocycles. The van der Waals surface area contributed by atoms with E-state index in [4.69, 9.17) is 0 Å². The number of anilines is 2. The van der Waals surface area contributed by atoms with Crippen LogP contribution in [0.2, 0.25) is 0 Å². The topological polar surface area (TPSA) is 75.4 Å². The molecule has 0 bridgehead atoms. The maximum Gasteiger partial charge on any atom is 0.274 e. The average Bonchev–Trinajstić information content (AvgIpc) is 3.37. The van der Waals surface area contributed by atoms with E-state index in [0.717, 1.165) is 18.7 Å². The van der Waals surface area contributed by atoms with Crippen molar-refractivity contribution in [3.8, 4) is 0 Å². The summed E-state index contributed by atoms with van der Waals surface area (Å²) in [4.78, 5) is 23.8. The highest BCUT2D eigenvalue weighted by atomic mass is 16.6. The van der Waals surface area contributed by atoms with E-state index in [0.29, 0.717) is 24.1 Å². The van der Waals surface area contributed by atoms with Gasteiger partial charge in [-0.25, -0.2) is 4.98 Å². The first-order valence-electron chi connectivity index (χ1n) is 7.55. The zero-order valence-electron chi connectivity index (χ0n) is 13.2. The minimum absolute atomic E-state index is 0.141. The van der Waals surface area contributed by atoms with Gasteiger partial charge in [0.05, 0.1) is 11.5 Å². The van der Waals surface area contributed by atoms with Crippen molar-refractivity contribution in [2.75, 3.05) is 23.9 Å². The highest BCUT2D eigenvalue weighted by molar-refractivity contribution is 5.47. The predicted octanol–water partition coefficient (Wildman–Crippen LogP) is 2.62. The Hall–Kier alpha value is -2.70. The van der Waals surface area contributed by atoms with Crippen molar-refractivity contribution in [1.29, 1.82) is 0 Å². The molecule has 120 valence electrons. The van der Waals surface area contributed by atoms with Crippen LogP contribution in [0.3, 0.4) is 0 Å². The normalized spacial score (nSPS) is 13.7. The Bertz CT molecular complexity index is 715. The minimum Gasteiger partial charge on any atom is -0.363 e. The van der Waals surface area contributed by atoms with Gasteiger partial charge < -0.3 is 9.80 Å². The number of nitrogens with zero attached hydrogens (tertiary/aromatic N) is 5. The largest absolute Gasteiger partial charge is 0.363 e. The summed E-state index contributed by atoms with van der Waals surface area (Å²) < 4.78 is 0. The van der Waals surface area contributed by atoms with Gasteiger partial charge in [-0.15, -0.1) is 0 Å². The molecule has 7 heteroatoms. The standard InChI is InChI=1S/C16H19N5O2/c1-19(2)15-9-10-17-16(18-15)20(13-7-8-13)11-12-5-3-4-6-14(12)21(22)23/h3-6,9-10,13H,7-8,11H2,1-2H3. The molecule has 23 heavy (non-hydrogen) atoms. The van der Waals surface area contributed by atoms with Crippen LogP contribution in [-0.2, 0) is 6.54 Å². The van der Waals surface area contributed by atoms with Gasteiger partial charge in [0.25, 0.3) is 5.69 Å². The first-order chi connectivity index (χ1) is 11.1. The number of para-hydroxylation sites is 1. The van der Waals surface area contributed by atoms with Gasteiger partial charge in [-0.05, 0) is 18.9 Å². The first-order valence-corrected chi connectivity index (χ1v) is 7.55. The molecule has 0 saturated heterocycles. The summed E-state index contributed by atoms with van der Waals surface area (Å²) in [5.74, 6) is 1.44. The second-order valence-corrected chi connectivity index (χ2v) is 5.85. The van der Waals surface area contributed by atoms with Crippen molar-refractivity contribution >= 4 is 17.5 Å². The van der Waals surface area contributed by atoms with Gasteiger partial charge in [-0.2, -0.15) is 4.98 Å². The Morgan fingerprint density at radius 1 is 1.26 bits per heavy atom. The molecule has 0 spiro atoms. The molecule has 1 aliphatic rings. The fraction of sp³-hybridized carbons (Fsp3) is 0.375. The van der Waals surface area contributed by atoms with E-state index in [-0.39, 0.29) is 10.6 Å². The van der Waals surface area contributed by atoms with Gasteiger partial charge in [0.15, 0.2) is 0 Å². The predicted molar refractivity (Wildman–Crippen MR) is 88.7 cm³/mol. The lowest BCUT2D eigenvalue weighted by Crippen LogP contribution is -2.28. The number of hydrogen-bond acceptors (Lipinski definition) is 6. The van der Waals surface area contributed by atoms with Gasteiger partial charge in [0.2, 0.25) is 5.95 Å². The molecule has 0 amide bonds. The Morgan fingerprint density at radius 3 is 2.65 bits per heavy atom. The summed E-state index contributed by atoms with van der Waals surface area (Å²) in [6.07, 6.45) is 3.86. The van der Waals surface area contributed by atoms with E-state index in [1.54, 1.807) is 18.3 Å². The monoisotopic (exact) mass is 313 g/mol. The molecule has 7 nitrogen and oxygen atoms in total. The van der Waals surface area contributed by atoms with Crippen LogP contribution in [0.4, 0.5) is 17.5 Å². The van der Waals surface area contributed by atoms with Crippen LogP contribution in [0.1, 0.15) is 18.4 Å². The molecular weight excluding hydrogens is 294 g/mol.